The smallest absolute Gasteiger partial charge is 0.309 e. The molecular weight excluding hydrogens is 204 g/mol. The van der Waals surface area contributed by atoms with Crippen LogP contribution in [0.3, 0.4) is 0 Å². The molecule has 1 aliphatic rings. The maximum atomic E-state index is 10.8. The quantitative estimate of drug-likeness (QED) is 0.850. The van der Waals surface area contributed by atoms with Gasteiger partial charge in [-0.05, 0) is 30.7 Å². The molecule has 88 valence electrons. The third-order valence-corrected chi connectivity index (χ3v) is 3.10. The monoisotopic (exact) mass is 222 g/mol. The van der Waals surface area contributed by atoms with E-state index < -0.39 is 5.97 Å². The Morgan fingerprint density at radius 3 is 2.88 bits per heavy atom. The summed E-state index contributed by atoms with van der Waals surface area (Å²) in [6.07, 6.45) is 3.43. The number of rotatable bonds is 3. The summed E-state index contributed by atoms with van der Waals surface area (Å²) in [6, 6.07) is 0. The Morgan fingerprint density at radius 1 is 1.50 bits per heavy atom. The van der Waals surface area contributed by atoms with E-state index in [0.717, 1.165) is 25.1 Å². The first-order valence-corrected chi connectivity index (χ1v) is 5.90. The summed E-state index contributed by atoms with van der Waals surface area (Å²) in [5, 5.41) is 13.3. The van der Waals surface area contributed by atoms with Gasteiger partial charge in [-0.1, -0.05) is 13.8 Å². The Hall–Kier alpha value is -1.32. The molecule has 0 atom stereocenters. The van der Waals surface area contributed by atoms with Crippen LogP contribution in [-0.2, 0) is 24.2 Å². The zero-order valence-corrected chi connectivity index (χ0v) is 9.86. The Morgan fingerprint density at radius 2 is 2.25 bits per heavy atom. The van der Waals surface area contributed by atoms with Gasteiger partial charge < -0.3 is 5.11 Å². The molecule has 0 aliphatic carbocycles. The molecule has 0 fully saturated rings. The van der Waals surface area contributed by atoms with Crippen LogP contribution in [0.4, 0.5) is 0 Å². The van der Waals surface area contributed by atoms with Gasteiger partial charge in [-0.3, -0.25) is 9.48 Å². The first-order chi connectivity index (χ1) is 7.59. The normalized spacial score (nSPS) is 15.2. The molecule has 1 aliphatic heterocycles. The van der Waals surface area contributed by atoms with Crippen molar-refractivity contribution < 1.29 is 9.90 Å². The summed E-state index contributed by atoms with van der Waals surface area (Å²) in [6.45, 7) is 5.16. The third-order valence-electron chi connectivity index (χ3n) is 3.10. The van der Waals surface area contributed by atoms with Crippen molar-refractivity contribution in [1.29, 1.82) is 0 Å². The Labute approximate surface area is 95.3 Å². The molecule has 0 unspecified atom stereocenters. The van der Waals surface area contributed by atoms with Crippen molar-refractivity contribution in [3.8, 4) is 0 Å². The summed E-state index contributed by atoms with van der Waals surface area (Å²) < 4.78 is 2.01. The number of aliphatic carboxylic acids is 1. The van der Waals surface area contributed by atoms with Crippen molar-refractivity contribution in [3.05, 3.63) is 17.0 Å². The number of hydrogen-bond donors (Lipinski definition) is 1. The number of carboxylic acids is 1. The molecule has 0 radical (unpaired) electrons. The average Bonchev–Trinajstić information content (AvgIpc) is 2.53. The molecule has 4 heteroatoms. The largest absolute Gasteiger partial charge is 0.481 e. The molecule has 0 spiro atoms. The van der Waals surface area contributed by atoms with E-state index in [9.17, 15) is 4.79 Å². The van der Waals surface area contributed by atoms with Gasteiger partial charge in [0.1, 0.15) is 0 Å². The fourth-order valence-corrected chi connectivity index (χ4v) is 2.51. The van der Waals surface area contributed by atoms with Crippen LogP contribution in [0.5, 0.6) is 0 Å². The molecule has 2 rings (SSSR count). The maximum Gasteiger partial charge on any atom is 0.309 e. The van der Waals surface area contributed by atoms with E-state index >= 15 is 0 Å². The van der Waals surface area contributed by atoms with Gasteiger partial charge in [0, 0.05) is 12.2 Å². The van der Waals surface area contributed by atoms with Crippen molar-refractivity contribution in [2.24, 2.45) is 0 Å². The highest BCUT2D eigenvalue weighted by Crippen LogP contribution is 2.28. The van der Waals surface area contributed by atoms with E-state index in [-0.39, 0.29) is 6.42 Å². The van der Waals surface area contributed by atoms with Crippen LogP contribution >= 0.6 is 0 Å². The SMILES string of the molecule is CC(C)c1c(CC(=O)O)nn2c1CCCC2. The van der Waals surface area contributed by atoms with E-state index in [4.69, 9.17) is 5.11 Å². The first kappa shape index (κ1) is 11.2. The predicted molar refractivity (Wildman–Crippen MR) is 60.6 cm³/mol. The average molecular weight is 222 g/mol. The molecular formula is C12H18N2O2. The van der Waals surface area contributed by atoms with Gasteiger partial charge in [0.15, 0.2) is 0 Å². The minimum Gasteiger partial charge on any atom is -0.481 e. The maximum absolute atomic E-state index is 10.8. The minimum atomic E-state index is -0.794. The predicted octanol–water partition coefficient (Wildman–Crippen LogP) is 1.97. The lowest BCUT2D eigenvalue weighted by Crippen LogP contribution is -2.12. The fraction of sp³-hybridized carbons (Fsp3) is 0.667. The van der Waals surface area contributed by atoms with Crippen molar-refractivity contribution in [3.63, 3.8) is 0 Å². The zero-order chi connectivity index (χ0) is 11.7. The molecule has 0 saturated heterocycles. The van der Waals surface area contributed by atoms with Gasteiger partial charge in [0.25, 0.3) is 0 Å². The summed E-state index contributed by atoms with van der Waals surface area (Å²) in [5.74, 6) is -0.437. The molecule has 4 nitrogen and oxygen atoms in total. The number of hydrogen-bond acceptors (Lipinski definition) is 2. The van der Waals surface area contributed by atoms with E-state index in [1.165, 1.54) is 17.7 Å². The fourth-order valence-electron chi connectivity index (χ4n) is 2.51. The molecule has 0 aromatic carbocycles. The highest BCUT2D eigenvalue weighted by Gasteiger charge is 2.23. The molecule has 1 aromatic heterocycles. The second kappa shape index (κ2) is 4.28. The molecule has 2 heterocycles. The number of nitrogens with zero attached hydrogens (tertiary/aromatic N) is 2. The molecule has 0 bridgehead atoms. The summed E-state index contributed by atoms with van der Waals surface area (Å²) in [7, 11) is 0. The first-order valence-electron chi connectivity index (χ1n) is 5.90. The number of fused-ring (bicyclic) bond motifs is 1. The molecule has 1 N–H and O–H groups in total. The van der Waals surface area contributed by atoms with Crippen LogP contribution in [0, 0.1) is 0 Å². The summed E-state index contributed by atoms with van der Waals surface area (Å²) >= 11 is 0. The van der Waals surface area contributed by atoms with E-state index in [1.807, 2.05) is 4.68 Å². The lowest BCUT2D eigenvalue weighted by atomic mass is 9.95. The van der Waals surface area contributed by atoms with E-state index in [1.54, 1.807) is 0 Å². The number of aryl methyl sites for hydroxylation is 1. The van der Waals surface area contributed by atoms with Crippen LogP contribution in [0.15, 0.2) is 0 Å². The second-order valence-corrected chi connectivity index (χ2v) is 4.71. The van der Waals surface area contributed by atoms with Gasteiger partial charge in [-0.25, -0.2) is 0 Å². The Bertz CT molecular complexity index is 407. The van der Waals surface area contributed by atoms with Crippen LogP contribution < -0.4 is 0 Å². The highest BCUT2D eigenvalue weighted by molar-refractivity contribution is 5.70. The van der Waals surface area contributed by atoms with Crippen LogP contribution in [0.1, 0.15) is 49.6 Å². The van der Waals surface area contributed by atoms with Crippen molar-refractivity contribution >= 4 is 5.97 Å². The number of carboxylic acid groups (broad SMARTS) is 1. The van der Waals surface area contributed by atoms with E-state index in [0.29, 0.717) is 5.92 Å². The third kappa shape index (κ3) is 1.96. The molecule has 0 amide bonds. The second-order valence-electron chi connectivity index (χ2n) is 4.71. The minimum absolute atomic E-state index is 0.0491. The van der Waals surface area contributed by atoms with Crippen LogP contribution in [-0.4, -0.2) is 20.9 Å². The number of carbonyl (C=O) groups is 1. The van der Waals surface area contributed by atoms with Crippen molar-refractivity contribution in [2.75, 3.05) is 0 Å². The molecule has 1 aromatic rings. The number of aromatic nitrogens is 2. The van der Waals surface area contributed by atoms with Gasteiger partial charge in [-0.2, -0.15) is 5.10 Å². The van der Waals surface area contributed by atoms with Gasteiger partial charge in [-0.15, -0.1) is 0 Å². The van der Waals surface area contributed by atoms with Crippen molar-refractivity contribution in [2.45, 2.75) is 52.0 Å². The highest BCUT2D eigenvalue weighted by atomic mass is 16.4. The van der Waals surface area contributed by atoms with Gasteiger partial charge >= 0.3 is 5.97 Å². The summed E-state index contributed by atoms with van der Waals surface area (Å²) in [4.78, 5) is 10.8. The van der Waals surface area contributed by atoms with E-state index in [2.05, 4.69) is 18.9 Å². The zero-order valence-electron chi connectivity index (χ0n) is 9.86. The summed E-state index contributed by atoms with van der Waals surface area (Å²) in [5.41, 5.74) is 3.19. The Kier molecular flexibility index (Phi) is 2.99. The lowest BCUT2D eigenvalue weighted by Gasteiger charge is -2.15. The van der Waals surface area contributed by atoms with Crippen LogP contribution in [0.2, 0.25) is 0 Å². The van der Waals surface area contributed by atoms with Gasteiger partial charge in [0.2, 0.25) is 0 Å². The lowest BCUT2D eigenvalue weighted by molar-refractivity contribution is -0.136. The molecule has 0 saturated carbocycles. The Balaban J connectivity index is 2.43. The van der Waals surface area contributed by atoms with Gasteiger partial charge in [0.05, 0.1) is 12.1 Å². The topological polar surface area (TPSA) is 55.1 Å². The standard InChI is InChI=1S/C12H18N2O2/c1-8(2)12-9(7-11(15)16)13-14-6-4-3-5-10(12)14/h8H,3-7H2,1-2H3,(H,15,16). The van der Waals surface area contributed by atoms with Crippen molar-refractivity contribution in [1.82, 2.24) is 9.78 Å². The van der Waals surface area contributed by atoms with Crippen LogP contribution in [0.25, 0.3) is 0 Å². The molecule has 16 heavy (non-hydrogen) atoms.